The van der Waals surface area contributed by atoms with Crippen LogP contribution >= 0.6 is 0 Å². The molecule has 2 heterocycles. The van der Waals surface area contributed by atoms with Gasteiger partial charge in [-0.2, -0.15) is 9.40 Å². The molecule has 3 aliphatic rings. The van der Waals surface area contributed by atoms with E-state index < -0.39 is 22.6 Å². The third-order valence-corrected chi connectivity index (χ3v) is 8.20. The number of sulfonamides is 1. The second-order valence-corrected chi connectivity index (χ2v) is 10.3. The molecule has 1 N–H and O–H groups in total. The van der Waals surface area contributed by atoms with Gasteiger partial charge in [0.1, 0.15) is 5.82 Å². The second kappa shape index (κ2) is 6.91. The molecule has 0 radical (unpaired) electrons. The van der Waals surface area contributed by atoms with Crippen molar-refractivity contribution < 1.29 is 12.8 Å². The van der Waals surface area contributed by atoms with Gasteiger partial charge in [-0.05, 0) is 61.8 Å². The first-order valence-electron chi connectivity index (χ1n) is 10.2. The molecule has 8 heteroatoms. The summed E-state index contributed by atoms with van der Waals surface area (Å²) in [6, 6.07) is 5.47. The van der Waals surface area contributed by atoms with E-state index in [1.165, 1.54) is 9.87 Å². The summed E-state index contributed by atoms with van der Waals surface area (Å²) in [5.41, 5.74) is 2.38. The van der Waals surface area contributed by atoms with E-state index in [0.29, 0.717) is 16.6 Å². The summed E-state index contributed by atoms with van der Waals surface area (Å²) < 4.78 is 41.6. The van der Waals surface area contributed by atoms with Crippen molar-refractivity contribution in [3.8, 4) is 0 Å². The number of fused-ring (bicyclic) bond motifs is 1. The maximum absolute atomic E-state index is 13.7. The van der Waals surface area contributed by atoms with Gasteiger partial charge in [0.2, 0.25) is 10.0 Å². The maximum atomic E-state index is 13.7. The van der Waals surface area contributed by atoms with Crippen LogP contribution in [0.1, 0.15) is 60.3 Å². The van der Waals surface area contributed by atoms with Gasteiger partial charge in [0, 0.05) is 30.8 Å². The van der Waals surface area contributed by atoms with E-state index in [9.17, 15) is 12.8 Å². The molecule has 0 bridgehead atoms. The molecule has 1 aliphatic heterocycles. The third kappa shape index (κ3) is 3.16. The molecular weight excluding hydrogens is 379 g/mol. The highest BCUT2D eigenvalue weighted by molar-refractivity contribution is 7.89. The molecule has 1 aromatic heterocycles. The van der Waals surface area contributed by atoms with Crippen molar-refractivity contribution in [3.63, 3.8) is 0 Å². The summed E-state index contributed by atoms with van der Waals surface area (Å²) in [6.45, 7) is -0.145. The number of halogens is 1. The first-order chi connectivity index (χ1) is 13.6. The standard InChI is InChI=1S/C20H25FN4O2S/c21-10-16-11-25(12-18(16)20-22-19(23-24-20)14-5-6-14)28(26,27)17-8-7-13-3-1-2-4-15(13)9-17/h7-9,14,16,18H,1-6,10-12H2,(H,22,23,24)/t16-,18-/m1/s1. The van der Waals surface area contributed by atoms with E-state index in [2.05, 4.69) is 15.2 Å². The Bertz CT molecular complexity index is 986. The van der Waals surface area contributed by atoms with Crippen LogP contribution in [-0.2, 0) is 22.9 Å². The van der Waals surface area contributed by atoms with Gasteiger partial charge in [0.25, 0.3) is 0 Å². The van der Waals surface area contributed by atoms with Gasteiger partial charge in [0.05, 0.1) is 11.6 Å². The summed E-state index contributed by atoms with van der Waals surface area (Å²) in [5.74, 6) is 1.13. The lowest BCUT2D eigenvalue weighted by molar-refractivity contribution is 0.346. The minimum atomic E-state index is -3.65. The largest absolute Gasteiger partial charge is 0.263 e. The molecule has 5 rings (SSSR count). The van der Waals surface area contributed by atoms with Gasteiger partial charge in [-0.15, -0.1) is 0 Å². The van der Waals surface area contributed by atoms with Gasteiger partial charge in [0.15, 0.2) is 5.82 Å². The zero-order valence-corrected chi connectivity index (χ0v) is 16.6. The fourth-order valence-corrected chi connectivity index (χ4v) is 6.07. The smallest absolute Gasteiger partial charge is 0.243 e. The Balaban J connectivity index is 1.40. The Labute approximate surface area is 164 Å². The van der Waals surface area contributed by atoms with Crippen molar-refractivity contribution in [3.05, 3.63) is 41.0 Å². The Morgan fingerprint density at radius 2 is 1.93 bits per heavy atom. The fourth-order valence-electron chi connectivity index (χ4n) is 4.49. The van der Waals surface area contributed by atoms with E-state index in [1.807, 2.05) is 12.1 Å². The molecule has 1 saturated heterocycles. The third-order valence-electron chi connectivity index (χ3n) is 6.38. The highest BCUT2D eigenvalue weighted by Crippen LogP contribution is 2.40. The normalized spacial score (nSPS) is 25.8. The van der Waals surface area contributed by atoms with E-state index >= 15 is 0 Å². The predicted molar refractivity (Wildman–Crippen MR) is 102 cm³/mol. The number of hydrogen-bond acceptors (Lipinski definition) is 4. The van der Waals surface area contributed by atoms with Crippen molar-refractivity contribution in [1.29, 1.82) is 0 Å². The lowest BCUT2D eigenvalue weighted by Crippen LogP contribution is -2.29. The zero-order valence-electron chi connectivity index (χ0n) is 15.8. The SMILES string of the molecule is O=S(=O)(c1ccc2c(c1)CCCC2)N1C[C@@H](CF)[C@H](c2nc(C3CC3)n[nH]2)C1. The summed E-state index contributed by atoms with van der Waals surface area (Å²) in [4.78, 5) is 4.87. The lowest BCUT2D eigenvalue weighted by atomic mass is 9.92. The Morgan fingerprint density at radius 1 is 1.14 bits per heavy atom. The predicted octanol–water partition coefficient (Wildman–Crippen LogP) is 2.93. The minimum Gasteiger partial charge on any atom is -0.263 e. The topological polar surface area (TPSA) is 79.0 Å². The average molecular weight is 405 g/mol. The number of hydrogen-bond donors (Lipinski definition) is 1. The molecule has 0 amide bonds. The first-order valence-corrected chi connectivity index (χ1v) is 11.6. The summed E-state index contributed by atoms with van der Waals surface area (Å²) in [6.07, 6.45) is 6.38. The van der Waals surface area contributed by atoms with Gasteiger partial charge >= 0.3 is 0 Å². The van der Waals surface area contributed by atoms with Crippen molar-refractivity contribution in [1.82, 2.24) is 19.5 Å². The molecule has 28 heavy (non-hydrogen) atoms. The maximum Gasteiger partial charge on any atom is 0.243 e. The number of H-pyrrole nitrogens is 1. The molecular formula is C20H25FN4O2S. The molecule has 0 spiro atoms. The number of rotatable bonds is 5. The summed E-state index contributed by atoms with van der Waals surface area (Å²) in [5, 5.41) is 7.20. The molecule has 0 unspecified atom stereocenters. The van der Waals surface area contributed by atoms with Gasteiger partial charge in [-0.25, -0.2) is 13.4 Å². The number of alkyl halides is 1. The van der Waals surface area contributed by atoms with Crippen molar-refractivity contribution in [2.75, 3.05) is 19.8 Å². The van der Waals surface area contributed by atoms with Gasteiger partial charge in [-0.3, -0.25) is 9.49 Å². The van der Waals surface area contributed by atoms with Crippen LogP contribution in [0.3, 0.4) is 0 Å². The number of aryl methyl sites for hydroxylation is 2. The van der Waals surface area contributed by atoms with Crippen LogP contribution in [0.25, 0.3) is 0 Å². The van der Waals surface area contributed by atoms with E-state index in [1.54, 1.807) is 6.07 Å². The highest BCUT2D eigenvalue weighted by atomic mass is 32.2. The Kier molecular flexibility index (Phi) is 4.50. The van der Waals surface area contributed by atoms with E-state index in [0.717, 1.165) is 49.9 Å². The van der Waals surface area contributed by atoms with Gasteiger partial charge in [-0.1, -0.05) is 6.07 Å². The second-order valence-electron chi connectivity index (χ2n) is 8.33. The molecule has 2 fully saturated rings. The molecule has 6 nitrogen and oxygen atoms in total. The van der Waals surface area contributed by atoms with Crippen molar-refractivity contribution in [2.45, 2.75) is 55.3 Å². The monoisotopic (exact) mass is 404 g/mol. The number of aromatic amines is 1. The Hall–Kier alpha value is -1.80. The zero-order chi connectivity index (χ0) is 19.3. The van der Waals surface area contributed by atoms with Crippen LogP contribution in [0.2, 0.25) is 0 Å². The number of nitrogens with one attached hydrogen (secondary N) is 1. The number of nitrogens with zero attached hydrogens (tertiary/aromatic N) is 3. The van der Waals surface area contributed by atoms with Crippen LogP contribution < -0.4 is 0 Å². The molecule has 2 aromatic rings. The molecule has 2 atom stereocenters. The molecule has 2 aliphatic carbocycles. The minimum absolute atomic E-state index is 0.181. The summed E-state index contributed by atoms with van der Waals surface area (Å²) >= 11 is 0. The Morgan fingerprint density at radius 3 is 2.68 bits per heavy atom. The van der Waals surface area contributed by atoms with Crippen LogP contribution in [0.5, 0.6) is 0 Å². The number of aromatic nitrogens is 3. The molecule has 1 saturated carbocycles. The van der Waals surface area contributed by atoms with Crippen LogP contribution in [0.4, 0.5) is 4.39 Å². The summed E-state index contributed by atoms with van der Waals surface area (Å²) in [7, 11) is -3.65. The van der Waals surface area contributed by atoms with Crippen LogP contribution in [-0.4, -0.2) is 47.7 Å². The van der Waals surface area contributed by atoms with Crippen molar-refractivity contribution in [2.24, 2.45) is 5.92 Å². The van der Waals surface area contributed by atoms with Gasteiger partial charge < -0.3 is 0 Å². The first kappa shape index (κ1) is 18.2. The van der Waals surface area contributed by atoms with E-state index in [-0.39, 0.29) is 19.0 Å². The lowest BCUT2D eigenvalue weighted by Gasteiger charge is -2.20. The fraction of sp³-hybridized carbons (Fsp3) is 0.600. The van der Waals surface area contributed by atoms with E-state index in [4.69, 9.17) is 0 Å². The van der Waals surface area contributed by atoms with Crippen molar-refractivity contribution >= 4 is 10.0 Å². The van der Waals surface area contributed by atoms with Crippen LogP contribution in [0.15, 0.2) is 23.1 Å². The average Bonchev–Trinajstić information content (AvgIpc) is 3.28. The number of benzene rings is 1. The highest BCUT2D eigenvalue weighted by Gasteiger charge is 2.42. The molecule has 1 aromatic carbocycles. The van der Waals surface area contributed by atoms with Crippen LogP contribution in [0, 0.1) is 5.92 Å². The quantitative estimate of drug-likeness (QED) is 0.831. The molecule has 150 valence electrons.